The van der Waals surface area contributed by atoms with Gasteiger partial charge >= 0.3 is 5.97 Å². The molecule has 0 radical (unpaired) electrons. The van der Waals surface area contributed by atoms with E-state index >= 15 is 0 Å². The van der Waals surface area contributed by atoms with Crippen LogP contribution in [0.4, 0.5) is 5.82 Å². The number of aromatic carboxylic acids is 1. The number of aromatic nitrogens is 2. The predicted octanol–water partition coefficient (Wildman–Crippen LogP) is 2.80. The van der Waals surface area contributed by atoms with Crippen LogP contribution in [-0.4, -0.2) is 26.6 Å². The van der Waals surface area contributed by atoms with E-state index in [1.807, 2.05) is 0 Å². The fourth-order valence-corrected chi connectivity index (χ4v) is 2.22. The Morgan fingerprint density at radius 3 is 2.22 bits per heavy atom. The lowest BCUT2D eigenvalue weighted by molar-refractivity contribution is 0.0690. The molecule has 1 aromatic heterocycles. The van der Waals surface area contributed by atoms with Gasteiger partial charge in [-0.15, -0.1) is 0 Å². The largest absolute Gasteiger partial charge is 0.476 e. The van der Waals surface area contributed by atoms with Crippen molar-refractivity contribution in [2.75, 3.05) is 5.32 Å². The lowest BCUT2D eigenvalue weighted by Gasteiger charge is -2.33. The Hall–Kier alpha value is -1.65. The topological polar surface area (TPSA) is 75.1 Å². The van der Waals surface area contributed by atoms with Crippen LogP contribution >= 0.6 is 0 Å². The minimum absolute atomic E-state index is 0.0471. The maximum absolute atomic E-state index is 10.7. The number of rotatable bonds is 4. The summed E-state index contributed by atoms with van der Waals surface area (Å²) >= 11 is 0. The summed E-state index contributed by atoms with van der Waals surface area (Å²) in [4.78, 5) is 18.6. The highest BCUT2D eigenvalue weighted by Gasteiger charge is 2.25. The first-order valence-electron chi connectivity index (χ1n) is 5.93. The van der Waals surface area contributed by atoms with E-state index in [1.165, 1.54) is 12.4 Å². The van der Waals surface area contributed by atoms with Gasteiger partial charge in [0, 0.05) is 5.54 Å². The number of hydrogen-bond acceptors (Lipinski definition) is 4. The summed E-state index contributed by atoms with van der Waals surface area (Å²) in [6.45, 7) is 10.7. The second kappa shape index (κ2) is 4.92. The highest BCUT2D eigenvalue weighted by molar-refractivity contribution is 5.84. The summed E-state index contributed by atoms with van der Waals surface area (Å²) in [5.41, 5.74) is 0.0250. The number of nitrogens with one attached hydrogen (secondary N) is 1. The van der Waals surface area contributed by atoms with Crippen LogP contribution < -0.4 is 5.32 Å². The minimum atomic E-state index is -1.07. The molecular weight excluding hydrogens is 230 g/mol. The van der Waals surface area contributed by atoms with Gasteiger partial charge in [-0.25, -0.2) is 14.8 Å². The van der Waals surface area contributed by atoms with Crippen molar-refractivity contribution in [3.8, 4) is 0 Å². The first-order chi connectivity index (χ1) is 8.09. The second-order valence-electron chi connectivity index (χ2n) is 6.34. The molecule has 0 atom stereocenters. The quantitative estimate of drug-likeness (QED) is 0.860. The van der Waals surface area contributed by atoms with Crippen LogP contribution in [0.2, 0.25) is 0 Å². The van der Waals surface area contributed by atoms with Crippen LogP contribution in [0.1, 0.15) is 51.5 Å². The fourth-order valence-electron chi connectivity index (χ4n) is 2.22. The summed E-state index contributed by atoms with van der Waals surface area (Å²) in [5, 5.41) is 12.0. The summed E-state index contributed by atoms with van der Waals surface area (Å²) in [7, 11) is 0. The van der Waals surface area contributed by atoms with Crippen LogP contribution in [0.25, 0.3) is 0 Å². The first-order valence-corrected chi connectivity index (χ1v) is 5.93. The third kappa shape index (κ3) is 4.69. The summed E-state index contributed by atoms with van der Waals surface area (Å²) < 4.78 is 0. The number of carboxylic acid groups (broad SMARTS) is 1. The molecule has 0 saturated carbocycles. The molecule has 0 aromatic carbocycles. The molecule has 100 valence electrons. The van der Waals surface area contributed by atoms with Gasteiger partial charge in [0.05, 0.1) is 12.4 Å². The normalized spacial score (nSPS) is 12.3. The van der Waals surface area contributed by atoms with Crippen molar-refractivity contribution in [2.45, 2.75) is 46.6 Å². The van der Waals surface area contributed by atoms with Crippen molar-refractivity contribution in [3.05, 3.63) is 18.1 Å². The minimum Gasteiger partial charge on any atom is -0.476 e. The van der Waals surface area contributed by atoms with Crippen molar-refractivity contribution in [1.82, 2.24) is 9.97 Å². The number of nitrogens with zero attached hydrogens (tertiary/aromatic N) is 2. The van der Waals surface area contributed by atoms with Crippen LogP contribution in [0.3, 0.4) is 0 Å². The van der Waals surface area contributed by atoms with Crippen LogP contribution in [0.5, 0.6) is 0 Å². The van der Waals surface area contributed by atoms with E-state index in [4.69, 9.17) is 5.11 Å². The maximum Gasteiger partial charge on any atom is 0.356 e. The Bertz CT molecular complexity index is 419. The van der Waals surface area contributed by atoms with Crippen LogP contribution in [0.15, 0.2) is 12.4 Å². The second-order valence-corrected chi connectivity index (χ2v) is 6.34. The van der Waals surface area contributed by atoms with Crippen LogP contribution in [0, 0.1) is 5.41 Å². The van der Waals surface area contributed by atoms with Gasteiger partial charge in [0.25, 0.3) is 0 Å². The highest BCUT2D eigenvalue weighted by atomic mass is 16.4. The van der Waals surface area contributed by atoms with Gasteiger partial charge in [-0.1, -0.05) is 20.8 Å². The summed E-state index contributed by atoms with van der Waals surface area (Å²) in [6, 6.07) is 0. The van der Waals surface area contributed by atoms with E-state index in [9.17, 15) is 4.79 Å². The lowest BCUT2D eigenvalue weighted by Crippen LogP contribution is -2.35. The molecule has 5 nitrogen and oxygen atoms in total. The van der Waals surface area contributed by atoms with E-state index in [0.29, 0.717) is 5.82 Å². The monoisotopic (exact) mass is 251 g/mol. The standard InChI is InChI=1S/C13H21N3O2/c1-12(2,3)8-13(4,5)16-10-7-14-9(6-15-10)11(17)18/h6-7H,8H2,1-5H3,(H,15,16)(H,17,18). The first kappa shape index (κ1) is 14.4. The smallest absolute Gasteiger partial charge is 0.356 e. The molecule has 1 aromatic rings. The molecule has 2 N–H and O–H groups in total. The maximum atomic E-state index is 10.7. The zero-order valence-electron chi connectivity index (χ0n) is 11.6. The van der Waals surface area contributed by atoms with E-state index in [-0.39, 0.29) is 16.6 Å². The average Bonchev–Trinajstić information content (AvgIpc) is 2.13. The van der Waals surface area contributed by atoms with Crippen molar-refractivity contribution in [1.29, 1.82) is 0 Å². The Balaban J connectivity index is 2.75. The van der Waals surface area contributed by atoms with E-state index in [0.717, 1.165) is 6.42 Å². The Morgan fingerprint density at radius 1 is 1.22 bits per heavy atom. The number of anilines is 1. The Kier molecular flexibility index (Phi) is 3.94. The van der Waals surface area contributed by atoms with Crippen molar-refractivity contribution < 1.29 is 9.90 Å². The van der Waals surface area contributed by atoms with Crippen LogP contribution in [-0.2, 0) is 0 Å². The SMILES string of the molecule is CC(C)(C)CC(C)(C)Nc1cnc(C(=O)O)cn1. The van der Waals surface area contributed by atoms with Gasteiger partial charge in [-0.2, -0.15) is 0 Å². The number of carboxylic acids is 1. The van der Waals surface area contributed by atoms with Gasteiger partial charge in [-0.05, 0) is 25.7 Å². The Morgan fingerprint density at radius 2 is 1.83 bits per heavy atom. The molecule has 0 saturated heterocycles. The number of carbonyl (C=O) groups is 1. The summed E-state index contributed by atoms with van der Waals surface area (Å²) in [6.07, 6.45) is 3.67. The lowest BCUT2D eigenvalue weighted by atomic mass is 9.82. The molecule has 1 heterocycles. The van der Waals surface area contributed by atoms with E-state index < -0.39 is 5.97 Å². The van der Waals surface area contributed by atoms with Gasteiger partial charge in [0.1, 0.15) is 5.82 Å². The molecule has 0 unspecified atom stereocenters. The van der Waals surface area contributed by atoms with Gasteiger partial charge < -0.3 is 10.4 Å². The zero-order valence-corrected chi connectivity index (χ0v) is 11.6. The molecule has 0 fully saturated rings. The van der Waals surface area contributed by atoms with Crippen molar-refractivity contribution >= 4 is 11.8 Å². The van der Waals surface area contributed by atoms with E-state index in [1.54, 1.807) is 0 Å². The van der Waals surface area contributed by atoms with Crippen molar-refractivity contribution in [3.63, 3.8) is 0 Å². The Labute approximate surface area is 108 Å². The average molecular weight is 251 g/mol. The summed E-state index contributed by atoms with van der Waals surface area (Å²) in [5.74, 6) is -0.475. The fraction of sp³-hybridized carbons (Fsp3) is 0.615. The molecule has 0 aliphatic rings. The third-order valence-electron chi connectivity index (χ3n) is 2.31. The highest BCUT2D eigenvalue weighted by Crippen LogP contribution is 2.28. The molecule has 0 amide bonds. The molecule has 5 heteroatoms. The van der Waals surface area contributed by atoms with Gasteiger partial charge in [-0.3, -0.25) is 0 Å². The van der Waals surface area contributed by atoms with E-state index in [2.05, 4.69) is 49.9 Å². The third-order valence-corrected chi connectivity index (χ3v) is 2.31. The zero-order chi connectivity index (χ0) is 14.0. The predicted molar refractivity (Wildman–Crippen MR) is 70.8 cm³/mol. The molecular formula is C13H21N3O2. The van der Waals surface area contributed by atoms with Gasteiger partial charge in [0.2, 0.25) is 0 Å². The molecule has 0 aliphatic carbocycles. The van der Waals surface area contributed by atoms with Crippen molar-refractivity contribution in [2.24, 2.45) is 5.41 Å². The molecule has 18 heavy (non-hydrogen) atoms. The number of hydrogen-bond donors (Lipinski definition) is 2. The molecule has 0 bridgehead atoms. The van der Waals surface area contributed by atoms with Gasteiger partial charge in [0.15, 0.2) is 5.69 Å². The molecule has 1 rings (SSSR count). The molecule has 0 aliphatic heterocycles. The molecule has 0 spiro atoms.